The average Bonchev–Trinajstić information content (AvgIpc) is 2.69. The van der Waals surface area contributed by atoms with E-state index in [9.17, 15) is 13.2 Å². The molecule has 0 saturated heterocycles. The number of nitrogens with zero attached hydrogens (tertiary/aromatic N) is 2. The molecule has 0 aliphatic rings. The number of nitrogen functional groups attached to an aromatic ring is 1. The lowest BCUT2D eigenvalue weighted by molar-refractivity contribution is 0.590. The number of benzene rings is 2. The summed E-state index contributed by atoms with van der Waals surface area (Å²) in [5.41, 5.74) is 6.12. The third kappa shape index (κ3) is 1.94. The monoisotopic (exact) mass is 341 g/mol. The third-order valence-electron chi connectivity index (χ3n) is 2.85. The second-order valence-electron chi connectivity index (χ2n) is 4.16. The molecule has 0 unspecified atom stereocenters. The van der Waals surface area contributed by atoms with Gasteiger partial charge in [-0.2, -0.15) is 0 Å². The molecule has 0 radical (unpaired) electrons. The summed E-state index contributed by atoms with van der Waals surface area (Å²) in [7, 11) is 0. The minimum absolute atomic E-state index is 0.0594. The normalized spacial score (nSPS) is 11.2. The van der Waals surface area contributed by atoms with Gasteiger partial charge in [0.25, 0.3) is 0 Å². The maximum atomic E-state index is 13.7. The van der Waals surface area contributed by atoms with Crippen LogP contribution in [0.4, 0.5) is 19.1 Å². The molecule has 3 aromatic rings. The van der Waals surface area contributed by atoms with Crippen molar-refractivity contribution in [3.63, 3.8) is 0 Å². The fourth-order valence-electron chi connectivity index (χ4n) is 2.03. The fourth-order valence-corrected chi connectivity index (χ4v) is 2.46. The number of fused-ring (bicyclic) bond motifs is 1. The molecule has 0 spiro atoms. The quantitative estimate of drug-likeness (QED) is 0.731. The molecule has 102 valence electrons. The Balaban J connectivity index is 2.42. The van der Waals surface area contributed by atoms with Crippen LogP contribution in [0.25, 0.3) is 16.7 Å². The van der Waals surface area contributed by atoms with Crippen molar-refractivity contribution in [1.29, 1.82) is 0 Å². The van der Waals surface area contributed by atoms with Crippen molar-refractivity contribution in [3.05, 3.63) is 52.3 Å². The van der Waals surface area contributed by atoms with Gasteiger partial charge >= 0.3 is 0 Å². The number of anilines is 1. The van der Waals surface area contributed by atoms with E-state index in [0.717, 1.165) is 12.1 Å². The molecule has 1 aromatic heterocycles. The number of halogens is 4. The molecule has 0 saturated carbocycles. The van der Waals surface area contributed by atoms with Gasteiger partial charge in [0.1, 0.15) is 17.2 Å². The lowest BCUT2D eigenvalue weighted by Gasteiger charge is -2.09. The molecule has 3 nitrogen and oxygen atoms in total. The van der Waals surface area contributed by atoms with Gasteiger partial charge in [-0.15, -0.1) is 0 Å². The number of hydrogen-bond donors (Lipinski definition) is 1. The standard InChI is InChI=1S/C13H7BrF3N3/c14-8-2-1-6(15)4-10(8)20-11-5-7(16)3-9(17)12(11)19-13(20)18/h1-5H,(H2,18,19). The second-order valence-corrected chi connectivity index (χ2v) is 5.01. The molecule has 0 aliphatic heterocycles. The molecule has 0 atom stereocenters. The van der Waals surface area contributed by atoms with Crippen LogP contribution in [0.15, 0.2) is 34.8 Å². The van der Waals surface area contributed by atoms with E-state index in [1.165, 1.54) is 22.8 Å². The first-order valence-electron chi connectivity index (χ1n) is 5.56. The first-order chi connectivity index (χ1) is 9.47. The number of rotatable bonds is 1. The minimum atomic E-state index is -0.821. The first-order valence-corrected chi connectivity index (χ1v) is 6.35. The number of nitrogens with two attached hydrogens (primary N) is 1. The zero-order chi connectivity index (χ0) is 14.4. The van der Waals surface area contributed by atoms with Gasteiger partial charge in [-0.05, 0) is 34.1 Å². The summed E-state index contributed by atoms with van der Waals surface area (Å²) in [5, 5.41) is 0. The summed E-state index contributed by atoms with van der Waals surface area (Å²) in [6, 6.07) is 5.75. The van der Waals surface area contributed by atoms with Crippen LogP contribution in [-0.4, -0.2) is 9.55 Å². The Morgan fingerprint density at radius 1 is 1.05 bits per heavy atom. The highest BCUT2D eigenvalue weighted by Crippen LogP contribution is 2.30. The molecule has 0 amide bonds. The van der Waals surface area contributed by atoms with Gasteiger partial charge in [-0.25, -0.2) is 18.2 Å². The van der Waals surface area contributed by atoms with Gasteiger partial charge in [0, 0.05) is 16.6 Å². The molecule has 0 fully saturated rings. The van der Waals surface area contributed by atoms with Crippen LogP contribution in [0.3, 0.4) is 0 Å². The van der Waals surface area contributed by atoms with E-state index in [4.69, 9.17) is 5.73 Å². The summed E-state index contributed by atoms with van der Waals surface area (Å²) in [4.78, 5) is 3.86. The summed E-state index contributed by atoms with van der Waals surface area (Å²) in [5.74, 6) is -2.14. The smallest absolute Gasteiger partial charge is 0.206 e. The summed E-state index contributed by atoms with van der Waals surface area (Å²) < 4.78 is 42.2. The Morgan fingerprint density at radius 3 is 2.55 bits per heavy atom. The predicted octanol–water partition coefficient (Wildman–Crippen LogP) is 3.79. The summed E-state index contributed by atoms with van der Waals surface area (Å²) in [6.45, 7) is 0. The van der Waals surface area contributed by atoms with E-state index >= 15 is 0 Å². The van der Waals surface area contributed by atoms with Crippen molar-refractivity contribution in [3.8, 4) is 5.69 Å². The van der Waals surface area contributed by atoms with Crippen LogP contribution >= 0.6 is 15.9 Å². The van der Waals surface area contributed by atoms with E-state index in [2.05, 4.69) is 20.9 Å². The molecule has 2 N–H and O–H groups in total. The molecule has 0 aliphatic carbocycles. The van der Waals surface area contributed by atoms with E-state index < -0.39 is 17.5 Å². The van der Waals surface area contributed by atoms with Gasteiger partial charge in [0.05, 0.1) is 11.2 Å². The summed E-state index contributed by atoms with van der Waals surface area (Å²) >= 11 is 3.25. The van der Waals surface area contributed by atoms with Crippen molar-refractivity contribution < 1.29 is 13.2 Å². The van der Waals surface area contributed by atoms with Crippen LogP contribution < -0.4 is 5.73 Å². The first kappa shape index (κ1) is 13.0. The number of aromatic nitrogens is 2. The summed E-state index contributed by atoms with van der Waals surface area (Å²) in [6.07, 6.45) is 0. The Kier molecular flexibility index (Phi) is 2.93. The lowest BCUT2D eigenvalue weighted by atomic mass is 10.2. The predicted molar refractivity (Wildman–Crippen MR) is 73.1 cm³/mol. The molecule has 3 rings (SSSR count). The van der Waals surface area contributed by atoms with Crippen molar-refractivity contribution in [2.75, 3.05) is 5.73 Å². The van der Waals surface area contributed by atoms with E-state index in [1.807, 2.05) is 0 Å². The van der Waals surface area contributed by atoms with Gasteiger partial charge in [-0.1, -0.05) is 0 Å². The topological polar surface area (TPSA) is 43.8 Å². The molecular formula is C13H7BrF3N3. The zero-order valence-corrected chi connectivity index (χ0v) is 11.5. The highest BCUT2D eigenvalue weighted by atomic mass is 79.9. The maximum Gasteiger partial charge on any atom is 0.206 e. The third-order valence-corrected chi connectivity index (χ3v) is 3.52. The highest BCUT2D eigenvalue weighted by molar-refractivity contribution is 9.10. The molecule has 2 aromatic carbocycles. The van der Waals surface area contributed by atoms with E-state index in [-0.39, 0.29) is 17.0 Å². The van der Waals surface area contributed by atoms with Gasteiger partial charge in [0.2, 0.25) is 5.95 Å². The average molecular weight is 342 g/mol. The van der Waals surface area contributed by atoms with Crippen molar-refractivity contribution in [1.82, 2.24) is 9.55 Å². The van der Waals surface area contributed by atoms with E-state index in [1.54, 1.807) is 0 Å². The van der Waals surface area contributed by atoms with Crippen LogP contribution in [0.1, 0.15) is 0 Å². The molecular weight excluding hydrogens is 335 g/mol. The number of hydrogen-bond acceptors (Lipinski definition) is 2. The fraction of sp³-hybridized carbons (Fsp3) is 0. The molecule has 1 heterocycles. The Hall–Kier alpha value is -2.02. The van der Waals surface area contributed by atoms with Crippen molar-refractivity contribution >= 4 is 32.9 Å². The van der Waals surface area contributed by atoms with Gasteiger partial charge in [0.15, 0.2) is 5.82 Å². The minimum Gasteiger partial charge on any atom is -0.369 e. The van der Waals surface area contributed by atoms with Crippen LogP contribution in [0.5, 0.6) is 0 Å². The Labute approximate surface area is 120 Å². The Morgan fingerprint density at radius 2 is 1.80 bits per heavy atom. The second kappa shape index (κ2) is 4.52. The SMILES string of the molecule is Nc1nc2c(F)cc(F)cc2n1-c1cc(F)ccc1Br. The molecule has 7 heteroatoms. The highest BCUT2D eigenvalue weighted by Gasteiger charge is 2.17. The van der Waals surface area contributed by atoms with Crippen LogP contribution in [0, 0.1) is 17.5 Å². The maximum absolute atomic E-state index is 13.7. The van der Waals surface area contributed by atoms with Crippen molar-refractivity contribution in [2.45, 2.75) is 0 Å². The zero-order valence-electron chi connectivity index (χ0n) is 9.87. The van der Waals surface area contributed by atoms with Crippen LogP contribution in [-0.2, 0) is 0 Å². The van der Waals surface area contributed by atoms with E-state index in [0.29, 0.717) is 10.2 Å². The van der Waals surface area contributed by atoms with Crippen LogP contribution in [0.2, 0.25) is 0 Å². The lowest BCUT2D eigenvalue weighted by Crippen LogP contribution is -2.02. The molecule has 20 heavy (non-hydrogen) atoms. The number of imidazole rings is 1. The van der Waals surface area contributed by atoms with Gasteiger partial charge in [-0.3, -0.25) is 4.57 Å². The van der Waals surface area contributed by atoms with Crippen molar-refractivity contribution in [2.24, 2.45) is 0 Å². The van der Waals surface area contributed by atoms with Gasteiger partial charge < -0.3 is 5.73 Å². The molecule has 0 bridgehead atoms. The Bertz CT molecular complexity index is 829. The largest absolute Gasteiger partial charge is 0.369 e.